The Kier molecular flexibility index (Phi) is 5.07. The molecular formula is C21H23N3O2S. The Hall–Kier alpha value is -2.47. The number of fused-ring (bicyclic) bond motifs is 1. The molecule has 4 rings (SSSR count). The lowest BCUT2D eigenvalue weighted by Gasteiger charge is -2.32. The van der Waals surface area contributed by atoms with Gasteiger partial charge < -0.3 is 9.64 Å². The van der Waals surface area contributed by atoms with Crippen LogP contribution in [0.2, 0.25) is 0 Å². The molecule has 1 unspecified atom stereocenters. The summed E-state index contributed by atoms with van der Waals surface area (Å²) in [4.78, 5) is 26.4. The quantitative estimate of drug-likeness (QED) is 0.625. The molecule has 27 heavy (non-hydrogen) atoms. The van der Waals surface area contributed by atoms with Crippen LogP contribution in [-0.2, 0) is 9.53 Å². The summed E-state index contributed by atoms with van der Waals surface area (Å²) in [5.41, 5.74) is 1.01. The van der Waals surface area contributed by atoms with Gasteiger partial charge in [-0.15, -0.1) is 11.3 Å². The third-order valence-corrected chi connectivity index (χ3v) is 5.81. The predicted molar refractivity (Wildman–Crippen MR) is 109 cm³/mol. The second-order valence-electron chi connectivity index (χ2n) is 6.85. The van der Waals surface area contributed by atoms with Crippen molar-refractivity contribution in [3.05, 3.63) is 41.3 Å². The van der Waals surface area contributed by atoms with E-state index >= 15 is 0 Å². The second kappa shape index (κ2) is 7.64. The fraction of sp³-hybridized carbons (Fsp3) is 0.381. The number of carbonyl (C=O) groups is 1. The van der Waals surface area contributed by atoms with Crippen LogP contribution in [0.1, 0.15) is 24.6 Å². The zero-order valence-corrected chi connectivity index (χ0v) is 16.5. The number of piperidine rings is 1. The summed E-state index contributed by atoms with van der Waals surface area (Å²) in [6.45, 7) is 5.91. The summed E-state index contributed by atoms with van der Waals surface area (Å²) in [5, 5.41) is 1.07. The molecule has 3 heterocycles. The highest BCUT2D eigenvalue weighted by Crippen LogP contribution is 2.34. The summed E-state index contributed by atoms with van der Waals surface area (Å²) < 4.78 is 5.25. The van der Waals surface area contributed by atoms with E-state index in [9.17, 15) is 4.79 Å². The Morgan fingerprint density at radius 1 is 1.30 bits per heavy atom. The number of thiophene rings is 1. The maximum absolute atomic E-state index is 12.3. The van der Waals surface area contributed by atoms with Crippen molar-refractivity contribution in [2.75, 3.05) is 24.6 Å². The summed E-state index contributed by atoms with van der Waals surface area (Å²) in [6.07, 6.45) is 1.83. The van der Waals surface area contributed by atoms with Crippen LogP contribution in [-0.4, -0.2) is 35.6 Å². The topological polar surface area (TPSA) is 55.3 Å². The third kappa shape index (κ3) is 3.67. The monoisotopic (exact) mass is 381 g/mol. The van der Waals surface area contributed by atoms with Gasteiger partial charge in [0.1, 0.15) is 10.6 Å². The van der Waals surface area contributed by atoms with Crippen LogP contribution in [0, 0.1) is 12.8 Å². The first-order valence-electron chi connectivity index (χ1n) is 9.41. The van der Waals surface area contributed by atoms with E-state index in [0.29, 0.717) is 13.2 Å². The Balaban J connectivity index is 1.74. The van der Waals surface area contributed by atoms with Gasteiger partial charge in [-0.1, -0.05) is 30.3 Å². The molecule has 1 saturated heterocycles. The van der Waals surface area contributed by atoms with E-state index in [4.69, 9.17) is 14.7 Å². The molecule has 0 N–H and O–H groups in total. The fourth-order valence-electron chi connectivity index (χ4n) is 3.61. The van der Waals surface area contributed by atoms with Crippen LogP contribution in [0.4, 0.5) is 5.82 Å². The molecule has 140 valence electrons. The zero-order chi connectivity index (χ0) is 18.8. The van der Waals surface area contributed by atoms with Gasteiger partial charge in [0.25, 0.3) is 0 Å². The predicted octanol–water partition coefficient (Wildman–Crippen LogP) is 4.45. The average molecular weight is 382 g/mol. The molecule has 1 atom stereocenters. The number of hydrogen-bond donors (Lipinski definition) is 0. The summed E-state index contributed by atoms with van der Waals surface area (Å²) in [6, 6.07) is 12.2. The highest BCUT2D eigenvalue weighted by molar-refractivity contribution is 7.18. The minimum Gasteiger partial charge on any atom is -0.466 e. The number of ether oxygens (including phenoxy) is 1. The highest BCUT2D eigenvalue weighted by atomic mass is 32.1. The molecule has 0 bridgehead atoms. The number of rotatable bonds is 4. The Bertz CT molecular complexity index is 955. The minimum absolute atomic E-state index is 0.0939. The molecule has 5 nitrogen and oxygen atoms in total. The van der Waals surface area contributed by atoms with Crippen molar-refractivity contribution in [2.45, 2.75) is 26.7 Å². The van der Waals surface area contributed by atoms with Gasteiger partial charge in [-0.05, 0) is 32.8 Å². The normalized spacial score (nSPS) is 17.3. The number of aromatic nitrogens is 2. The van der Waals surface area contributed by atoms with Gasteiger partial charge in [-0.3, -0.25) is 4.79 Å². The molecule has 0 spiro atoms. The first-order chi connectivity index (χ1) is 13.2. The van der Waals surface area contributed by atoms with Gasteiger partial charge >= 0.3 is 5.97 Å². The molecule has 0 saturated carbocycles. The van der Waals surface area contributed by atoms with Crippen molar-refractivity contribution in [1.29, 1.82) is 0 Å². The maximum atomic E-state index is 12.3. The van der Waals surface area contributed by atoms with E-state index in [1.165, 1.54) is 4.88 Å². The van der Waals surface area contributed by atoms with E-state index in [0.717, 1.165) is 46.8 Å². The zero-order valence-electron chi connectivity index (χ0n) is 15.6. The van der Waals surface area contributed by atoms with Crippen molar-refractivity contribution < 1.29 is 9.53 Å². The van der Waals surface area contributed by atoms with Crippen molar-refractivity contribution >= 4 is 33.3 Å². The number of carbonyl (C=O) groups excluding carboxylic acids is 1. The minimum atomic E-state index is -0.0997. The van der Waals surface area contributed by atoms with Gasteiger partial charge in [0.05, 0.1) is 17.9 Å². The molecule has 1 fully saturated rings. The molecular weight excluding hydrogens is 358 g/mol. The van der Waals surface area contributed by atoms with Gasteiger partial charge in [-0.25, -0.2) is 9.97 Å². The smallest absolute Gasteiger partial charge is 0.310 e. The molecule has 3 aromatic rings. The van der Waals surface area contributed by atoms with Crippen molar-refractivity contribution in [1.82, 2.24) is 9.97 Å². The van der Waals surface area contributed by atoms with Gasteiger partial charge in [0.2, 0.25) is 0 Å². The van der Waals surface area contributed by atoms with Crippen LogP contribution < -0.4 is 4.90 Å². The third-order valence-electron chi connectivity index (χ3n) is 4.87. The first kappa shape index (κ1) is 17.9. The summed E-state index contributed by atoms with van der Waals surface area (Å²) >= 11 is 1.68. The van der Waals surface area contributed by atoms with E-state index in [2.05, 4.69) is 17.9 Å². The van der Waals surface area contributed by atoms with E-state index in [1.807, 2.05) is 37.3 Å². The SMILES string of the molecule is CCOC(=O)C1CCCN(c2nc(-c3ccccc3)nc3sc(C)cc23)C1. The lowest BCUT2D eigenvalue weighted by atomic mass is 9.98. The molecule has 0 radical (unpaired) electrons. The Morgan fingerprint density at radius 2 is 2.11 bits per heavy atom. The maximum Gasteiger partial charge on any atom is 0.310 e. The highest BCUT2D eigenvalue weighted by Gasteiger charge is 2.29. The number of esters is 1. The number of anilines is 1. The van der Waals surface area contributed by atoms with Gasteiger partial charge in [-0.2, -0.15) is 0 Å². The lowest BCUT2D eigenvalue weighted by Crippen LogP contribution is -2.40. The average Bonchev–Trinajstić information content (AvgIpc) is 3.08. The van der Waals surface area contributed by atoms with Crippen LogP contribution >= 0.6 is 11.3 Å². The largest absolute Gasteiger partial charge is 0.466 e. The molecule has 0 amide bonds. The molecule has 0 aliphatic carbocycles. The fourth-order valence-corrected chi connectivity index (χ4v) is 4.48. The lowest BCUT2D eigenvalue weighted by molar-refractivity contribution is -0.148. The Labute approximate surface area is 163 Å². The molecule has 1 aliphatic rings. The van der Waals surface area contributed by atoms with Crippen molar-refractivity contribution in [3.63, 3.8) is 0 Å². The van der Waals surface area contributed by atoms with Crippen molar-refractivity contribution in [3.8, 4) is 11.4 Å². The number of nitrogens with zero attached hydrogens (tertiary/aromatic N) is 3. The molecule has 1 aromatic carbocycles. The van der Waals surface area contributed by atoms with Crippen LogP contribution in [0.25, 0.3) is 21.6 Å². The van der Waals surface area contributed by atoms with E-state index in [1.54, 1.807) is 11.3 Å². The van der Waals surface area contributed by atoms with Gasteiger partial charge in [0.15, 0.2) is 5.82 Å². The molecule has 6 heteroatoms. The van der Waals surface area contributed by atoms with E-state index < -0.39 is 0 Å². The Morgan fingerprint density at radius 3 is 2.89 bits per heavy atom. The standard InChI is InChI=1S/C21H23N3O2S/c1-3-26-21(25)16-10-7-11-24(13-16)19-17-12-14(2)27-20(17)23-18(22-19)15-8-5-4-6-9-15/h4-6,8-9,12,16H,3,7,10-11,13H2,1-2H3. The van der Waals surface area contributed by atoms with E-state index in [-0.39, 0.29) is 11.9 Å². The van der Waals surface area contributed by atoms with Crippen LogP contribution in [0.3, 0.4) is 0 Å². The first-order valence-corrected chi connectivity index (χ1v) is 10.2. The van der Waals surface area contributed by atoms with Crippen molar-refractivity contribution in [2.24, 2.45) is 5.92 Å². The van der Waals surface area contributed by atoms with Crippen LogP contribution in [0.15, 0.2) is 36.4 Å². The molecule has 2 aromatic heterocycles. The molecule has 1 aliphatic heterocycles. The van der Waals surface area contributed by atoms with Gasteiger partial charge in [0, 0.05) is 23.5 Å². The summed E-state index contributed by atoms with van der Waals surface area (Å²) in [5.74, 6) is 1.47. The number of hydrogen-bond acceptors (Lipinski definition) is 6. The van der Waals surface area contributed by atoms with Crippen LogP contribution in [0.5, 0.6) is 0 Å². The second-order valence-corrected chi connectivity index (χ2v) is 8.08. The number of aryl methyl sites for hydroxylation is 1. The number of benzene rings is 1. The summed E-state index contributed by atoms with van der Waals surface area (Å²) in [7, 11) is 0.